The monoisotopic (exact) mass is 556 g/mol. The first kappa shape index (κ1) is 27.7. The van der Waals surface area contributed by atoms with Crippen LogP contribution in [0.25, 0.3) is 0 Å². The van der Waals surface area contributed by atoms with E-state index in [9.17, 15) is 10.2 Å². The van der Waals surface area contributed by atoms with Gasteiger partial charge in [-0.15, -0.1) is 0 Å². The minimum atomic E-state index is 0. The molecule has 0 unspecified atom stereocenters. The van der Waals surface area contributed by atoms with Crippen molar-refractivity contribution in [1.29, 1.82) is 0 Å². The van der Waals surface area contributed by atoms with Gasteiger partial charge in [0.2, 0.25) is 0 Å². The maximum atomic E-state index is 9.60. The normalized spacial score (nSPS) is 12.4. The molecule has 0 heterocycles. The number of hydrogen-bond donors (Lipinski definition) is 2. The molecule has 0 saturated carbocycles. The standard InChI is InChI=1S/2C15H15NO.Pd/c2*1-12(13-7-3-2-4-8-13)16-11-14-9-5-6-10-15(14)17;/h2*2-12,17H,1H3;/t2*12-;/m11./s1. The van der Waals surface area contributed by atoms with Crippen LogP contribution < -0.4 is 0 Å². The molecule has 4 nitrogen and oxygen atoms in total. The van der Waals surface area contributed by atoms with Gasteiger partial charge in [-0.25, -0.2) is 0 Å². The van der Waals surface area contributed by atoms with Crippen LogP contribution >= 0.6 is 0 Å². The summed E-state index contributed by atoms with van der Waals surface area (Å²) in [5, 5.41) is 19.2. The van der Waals surface area contributed by atoms with Gasteiger partial charge in [0.25, 0.3) is 0 Å². The molecule has 0 fully saturated rings. The number of phenols is 2. The van der Waals surface area contributed by atoms with Crippen molar-refractivity contribution < 1.29 is 30.6 Å². The van der Waals surface area contributed by atoms with Gasteiger partial charge >= 0.3 is 0 Å². The summed E-state index contributed by atoms with van der Waals surface area (Å²) in [5.74, 6) is 0.521. The van der Waals surface area contributed by atoms with Crippen molar-refractivity contribution in [1.82, 2.24) is 0 Å². The summed E-state index contributed by atoms with van der Waals surface area (Å²) in [7, 11) is 0. The van der Waals surface area contributed by atoms with Crippen LogP contribution in [0.4, 0.5) is 0 Å². The molecule has 0 radical (unpaired) electrons. The zero-order chi connectivity index (χ0) is 24.2. The Balaban J connectivity index is 0.000000240. The van der Waals surface area contributed by atoms with Crippen molar-refractivity contribution in [2.45, 2.75) is 25.9 Å². The maximum absolute atomic E-state index is 9.60. The van der Waals surface area contributed by atoms with Crippen LogP contribution in [0.5, 0.6) is 11.5 Å². The quantitative estimate of drug-likeness (QED) is 0.196. The molecular formula is C30H30N2O2Pd. The minimum absolute atomic E-state index is 0. The molecule has 0 amide bonds. The topological polar surface area (TPSA) is 65.2 Å². The molecular weight excluding hydrogens is 527 g/mol. The fourth-order valence-electron chi connectivity index (χ4n) is 3.21. The average Bonchev–Trinajstić information content (AvgIpc) is 2.89. The number of hydrogen-bond acceptors (Lipinski definition) is 4. The third-order valence-electron chi connectivity index (χ3n) is 5.31. The van der Waals surface area contributed by atoms with E-state index < -0.39 is 0 Å². The molecule has 4 aromatic carbocycles. The van der Waals surface area contributed by atoms with Crippen LogP contribution in [0.15, 0.2) is 119 Å². The molecule has 2 N–H and O–H groups in total. The number of aromatic hydroxyl groups is 2. The van der Waals surface area contributed by atoms with Crippen LogP contribution in [0, 0.1) is 0 Å². The molecule has 182 valence electrons. The SMILES string of the molecule is C[C@@H](N=Cc1ccccc1O)c1ccccc1.C[C@@H](N=Cc1ccccc1O)c1ccccc1.[Pd]. The Hall–Kier alpha value is -3.52. The van der Waals surface area contributed by atoms with Gasteiger partial charge in [0.1, 0.15) is 11.5 Å². The van der Waals surface area contributed by atoms with Gasteiger partial charge in [0.05, 0.1) is 12.1 Å². The van der Waals surface area contributed by atoms with E-state index >= 15 is 0 Å². The average molecular weight is 557 g/mol. The van der Waals surface area contributed by atoms with Crippen LogP contribution in [0.2, 0.25) is 0 Å². The summed E-state index contributed by atoms with van der Waals surface area (Å²) in [5.41, 5.74) is 3.82. The number of para-hydroxylation sites is 2. The Labute approximate surface area is 221 Å². The number of benzene rings is 4. The maximum Gasteiger partial charge on any atom is 0.124 e. The molecule has 5 heteroatoms. The van der Waals surface area contributed by atoms with E-state index in [0.717, 1.165) is 11.1 Å². The number of nitrogens with zero attached hydrogens (tertiary/aromatic N) is 2. The summed E-state index contributed by atoms with van der Waals surface area (Å²) >= 11 is 0. The van der Waals surface area contributed by atoms with E-state index in [1.54, 1.807) is 36.7 Å². The van der Waals surface area contributed by atoms with Crippen LogP contribution in [-0.4, -0.2) is 22.6 Å². The minimum Gasteiger partial charge on any atom is -0.507 e. The van der Waals surface area contributed by atoms with E-state index in [-0.39, 0.29) is 44.0 Å². The van der Waals surface area contributed by atoms with Crippen molar-refractivity contribution in [2.75, 3.05) is 0 Å². The van der Waals surface area contributed by atoms with Crippen molar-refractivity contribution in [3.8, 4) is 11.5 Å². The first-order valence-electron chi connectivity index (χ1n) is 11.3. The third-order valence-corrected chi connectivity index (χ3v) is 5.31. The number of phenolic OH excluding ortho intramolecular Hbond substituents is 2. The Morgan fingerprint density at radius 3 is 1.17 bits per heavy atom. The fraction of sp³-hybridized carbons (Fsp3) is 0.133. The molecule has 35 heavy (non-hydrogen) atoms. The smallest absolute Gasteiger partial charge is 0.124 e. The Bertz CT molecular complexity index is 1110. The van der Waals surface area contributed by atoms with Gasteiger partial charge in [0.15, 0.2) is 0 Å². The molecule has 0 aliphatic carbocycles. The van der Waals surface area contributed by atoms with Crippen LogP contribution in [0.3, 0.4) is 0 Å². The third kappa shape index (κ3) is 8.98. The van der Waals surface area contributed by atoms with Crippen LogP contribution in [0.1, 0.15) is 48.2 Å². The summed E-state index contributed by atoms with van der Waals surface area (Å²) < 4.78 is 0. The van der Waals surface area contributed by atoms with Gasteiger partial charge in [-0.3, -0.25) is 9.98 Å². The zero-order valence-electron chi connectivity index (χ0n) is 19.8. The first-order valence-corrected chi connectivity index (χ1v) is 11.3. The molecule has 4 rings (SSSR count). The van der Waals surface area contributed by atoms with Crippen molar-refractivity contribution in [3.63, 3.8) is 0 Å². The second-order valence-electron chi connectivity index (χ2n) is 7.85. The number of rotatable bonds is 6. The summed E-state index contributed by atoms with van der Waals surface area (Å²) in [6.07, 6.45) is 3.43. The van der Waals surface area contributed by atoms with Gasteiger partial charge in [-0.1, -0.05) is 84.9 Å². The van der Waals surface area contributed by atoms with Crippen LogP contribution in [-0.2, 0) is 20.4 Å². The number of aliphatic imine (C=N–C) groups is 2. The van der Waals surface area contributed by atoms with E-state index in [1.807, 2.05) is 98.8 Å². The predicted molar refractivity (Wildman–Crippen MR) is 141 cm³/mol. The summed E-state index contributed by atoms with van der Waals surface area (Å²) in [4.78, 5) is 8.88. The van der Waals surface area contributed by atoms with E-state index in [1.165, 1.54) is 11.1 Å². The predicted octanol–water partition coefficient (Wildman–Crippen LogP) is 7.14. The molecule has 0 saturated heterocycles. The zero-order valence-corrected chi connectivity index (χ0v) is 21.4. The van der Waals surface area contributed by atoms with Gasteiger partial charge < -0.3 is 10.2 Å². The molecule has 0 aliphatic rings. The van der Waals surface area contributed by atoms with E-state index in [4.69, 9.17) is 0 Å². The van der Waals surface area contributed by atoms with Crippen molar-refractivity contribution in [2.24, 2.45) is 9.98 Å². The summed E-state index contributed by atoms with van der Waals surface area (Å²) in [6.45, 7) is 4.07. The Morgan fingerprint density at radius 1 is 0.514 bits per heavy atom. The summed E-state index contributed by atoms with van der Waals surface area (Å²) in [6, 6.07) is 34.7. The Morgan fingerprint density at radius 2 is 0.829 bits per heavy atom. The molecule has 2 atom stereocenters. The molecule has 0 spiro atoms. The van der Waals surface area contributed by atoms with Crippen molar-refractivity contribution >= 4 is 12.4 Å². The molecule has 0 aliphatic heterocycles. The van der Waals surface area contributed by atoms with Gasteiger partial charge in [0, 0.05) is 44.0 Å². The molecule has 0 aromatic heterocycles. The van der Waals surface area contributed by atoms with E-state index in [2.05, 4.69) is 9.98 Å². The Kier molecular flexibility index (Phi) is 11.6. The second-order valence-corrected chi connectivity index (χ2v) is 7.85. The second kappa shape index (κ2) is 14.7. The molecule has 4 aromatic rings. The van der Waals surface area contributed by atoms with Crippen molar-refractivity contribution in [3.05, 3.63) is 131 Å². The first-order chi connectivity index (χ1) is 16.5. The van der Waals surface area contributed by atoms with Gasteiger partial charge in [-0.2, -0.15) is 0 Å². The fourth-order valence-corrected chi connectivity index (χ4v) is 3.21. The molecule has 0 bridgehead atoms. The van der Waals surface area contributed by atoms with Gasteiger partial charge in [-0.05, 0) is 49.2 Å². The van der Waals surface area contributed by atoms with E-state index in [0.29, 0.717) is 0 Å². The largest absolute Gasteiger partial charge is 0.507 e.